The maximum atomic E-state index is 11.0. The predicted octanol–water partition coefficient (Wildman–Crippen LogP) is 2.74. The van der Waals surface area contributed by atoms with Crippen molar-refractivity contribution in [3.63, 3.8) is 0 Å². The molecular weight excluding hydrogens is 304 g/mol. The van der Waals surface area contributed by atoms with E-state index >= 15 is 0 Å². The highest BCUT2D eigenvalue weighted by Crippen LogP contribution is 2.19. The first kappa shape index (κ1) is 14.6. The summed E-state index contributed by atoms with van der Waals surface area (Å²) < 4.78 is 0.992. The Morgan fingerprint density at radius 2 is 2.35 bits per heavy atom. The summed E-state index contributed by atoms with van der Waals surface area (Å²) >= 11 is 4.90. The summed E-state index contributed by atoms with van der Waals surface area (Å²) in [5.74, 6) is -0.656. The largest absolute Gasteiger partial charge is 0.481 e. The maximum absolute atomic E-state index is 11.0. The van der Waals surface area contributed by atoms with E-state index in [9.17, 15) is 4.79 Å². The van der Waals surface area contributed by atoms with Crippen LogP contribution in [0.1, 0.15) is 25.3 Å². The van der Waals surface area contributed by atoms with Gasteiger partial charge < -0.3 is 10.4 Å². The molecule has 0 amide bonds. The van der Waals surface area contributed by atoms with Gasteiger partial charge in [-0.1, -0.05) is 13.8 Å². The molecule has 1 unspecified atom stereocenters. The van der Waals surface area contributed by atoms with Gasteiger partial charge in [0.15, 0.2) is 0 Å². The van der Waals surface area contributed by atoms with Gasteiger partial charge in [-0.25, -0.2) is 4.98 Å². The first-order valence-electron chi connectivity index (χ1n) is 5.52. The lowest BCUT2D eigenvalue weighted by Crippen LogP contribution is -2.29. The van der Waals surface area contributed by atoms with Crippen LogP contribution in [0.2, 0.25) is 0 Å². The van der Waals surface area contributed by atoms with Gasteiger partial charge in [-0.05, 0) is 28.3 Å². The second kappa shape index (κ2) is 7.08. The molecule has 0 bridgehead atoms. The van der Waals surface area contributed by atoms with Crippen molar-refractivity contribution in [3.05, 3.63) is 15.0 Å². The standard InChI is InChI=1S/C11H17BrN2O2S/c1-7(2)3-8(11(15)16)4-13-6-10-14-5-9(12)17-10/h5,7-8,13H,3-4,6H2,1-2H3,(H,15,16). The van der Waals surface area contributed by atoms with E-state index in [0.29, 0.717) is 25.4 Å². The van der Waals surface area contributed by atoms with Crippen LogP contribution in [0.3, 0.4) is 0 Å². The van der Waals surface area contributed by atoms with Gasteiger partial charge in [0.25, 0.3) is 0 Å². The number of carboxylic acid groups (broad SMARTS) is 1. The lowest BCUT2D eigenvalue weighted by Gasteiger charge is -2.14. The van der Waals surface area contributed by atoms with E-state index in [4.69, 9.17) is 5.11 Å². The average Bonchev–Trinajstić information content (AvgIpc) is 2.62. The fourth-order valence-corrected chi connectivity index (χ4v) is 2.84. The van der Waals surface area contributed by atoms with Crippen molar-refractivity contribution in [3.8, 4) is 0 Å². The number of hydrogen-bond acceptors (Lipinski definition) is 4. The summed E-state index contributed by atoms with van der Waals surface area (Å²) in [7, 11) is 0. The summed E-state index contributed by atoms with van der Waals surface area (Å²) in [5.41, 5.74) is 0. The molecule has 0 aliphatic heterocycles. The fraction of sp³-hybridized carbons (Fsp3) is 0.636. The van der Waals surface area contributed by atoms with Gasteiger partial charge in [0, 0.05) is 13.1 Å². The molecule has 17 heavy (non-hydrogen) atoms. The predicted molar refractivity (Wildman–Crippen MR) is 72.1 cm³/mol. The number of hydrogen-bond donors (Lipinski definition) is 2. The van der Waals surface area contributed by atoms with E-state index in [1.54, 1.807) is 17.5 Å². The highest BCUT2D eigenvalue weighted by Gasteiger charge is 2.18. The van der Waals surface area contributed by atoms with E-state index in [2.05, 4.69) is 26.2 Å². The van der Waals surface area contributed by atoms with E-state index in [0.717, 1.165) is 8.79 Å². The van der Waals surface area contributed by atoms with Gasteiger partial charge in [0.1, 0.15) is 5.01 Å². The monoisotopic (exact) mass is 320 g/mol. The Morgan fingerprint density at radius 3 is 2.82 bits per heavy atom. The lowest BCUT2D eigenvalue weighted by atomic mass is 9.97. The molecule has 0 aliphatic rings. The second-order valence-corrected chi connectivity index (χ2v) is 6.85. The van der Waals surface area contributed by atoms with Gasteiger partial charge >= 0.3 is 5.97 Å². The minimum Gasteiger partial charge on any atom is -0.481 e. The number of aromatic nitrogens is 1. The number of rotatable bonds is 7. The minimum absolute atomic E-state index is 0.321. The van der Waals surface area contributed by atoms with Crippen molar-refractivity contribution in [2.24, 2.45) is 11.8 Å². The number of halogens is 1. The highest BCUT2D eigenvalue weighted by molar-refractivity contribution is 9.11. The second-order valence-electron chi connectivity index (χ2n) is 4.35. The van der Waals surface area contributed by atoms with Crippen molar-refractivity contribution in [2.75, 3.05) is 6.54 Å². The Labute approximate surface area is 114 Å². The maximum Gasteiger partial charge on any atom is 0.307 e. The third-order valence-corrected chi connectivity index (χ3v) is 3.77. The first-order valence-corrected chi connectivity index (χ1v) is 7.13. The number of nitrogens with one attached hydrogen (secondary N) is 1. The summed E-state index contributed by atoms with van der Waals surface area (Å²) in [5, 5.41) is 13.2. The van der Waals surface area contributed by atoms with Crippen molar-refractivity contribution in [1.29, 1.82) is 0 Å². The van der Waals surface area contributed by atoms with Crippen LogP contribution in [0.5, 0.6) is 0 Å². The van der Waals surface area contributed by atoms with Crippen molar-refractivity contribution >= 4 is 33.2 Å². The quantitative estimate of drug-likeness (QED) is 0.811. The number of thiazole rings is 1. The molecule has 6 heteroatoms. The summed E-state index contributed by atoms with van der Waals surface area (Å²) in [6.07, 6.45) is 2.45. The molecule has 0 spiro atoms. The zero-order chi connectivity index (χ0) is 12.8. The molecular formula is C11H17BrN2O2S. The fourth-order valence-electron chi connectivity index (χ4n) is 1.56. The van der Waals surface area contributed by atoms with Gasteiger partial charge in [0.05, 0.1) is 15.9 Å². The molecule has 1 aromatic rings. The molecule has 0 radical (unpaired) electrons. The molecule has 1 rings (SSSR count). The van der Waals surface area contributed by atoms with Gasteiger partial charge in [-0.2, -0.15) is 0 Å². The summed E-state index contributed by atoms with van der Waals surface area (Å²) in [6, 6.07) is 0. The Hall–Kier alpha value is -0.460. The average molecular weight is 321 g/mol. The van der Waals surface area contributed by atoms with E-state index in [-0.39, 0.29) is 5.92 Å². The van der Waals surface area contributed by atoms with Crippen LogP contribution < -0.4 is 5.32 Å². The third kappa shape index (κ3) is 5.61. The smallest absolute Gasteiger partial charge is 0.307 e. The molecule has 96 valence electrons. The van der Waals surface area contributed by atoms with Crippen LogP contribution in [0, 0.1) is 11.8 Å². The van der Waals surface area contributed by atoms with E-state index in [1.165, 1.54) is 0 Å². The Bertz CT molecular complexity index is 368. The normalized spacial score (nSPS) is 12.9. The van der Waals surface area contributed by atoms with Crippen LogP contribution in [-0.4, -0.2) is 22.6 Å². The highest BCUT2D eigenvalue weighted by atomic mass is 79.9. The Morgan fingerprint density at radius 1 is 1.65 bits per heavy atom. The SMILES string of the molecule is CC(C)CC(CNCc1ncc(Br)s1)C(=O)O. The van der Waals surface area contributed by atoms with Crippen LogP contribution in [0.4, 0.5) is 0 Å². The van der Waals surface area contributed by atoms with Crippen LogP contribution in [0.15, 0.2) is 9.98 Å². The van der Waals surface area contributed by atoms with E-state index in [1.807, 2.05) is 13.8 Å². The summed E-state index contributed by atoms with van der Waals surface area (Å²) in [4.78, 5) is 15.2. The van der Waals surface area contributed by atoms with Crippen LogP contribution >= 0.6 is 27.3 Å². The number of carbonyl (C=O) groups is 1. The topological polar surface area (TPSA) is 62.2 Å². The zero-order valence-electron chi connectivity index (χ0n) is 9.94. The number of aliphatic carboxylic acids is 1. The van der Waals surface area contributed by atoms with Gasteiger partial charge in [-0.15, -0.1) is 11.3 Å². The Balaban J connectivity index is 2.34. The molecule has 0 saturated carbocycles. The molecule has 1 heterocycles. The molecule has 1 aromatic heterocycles. The minimum atomic E-state index is -0.730. The number of nitrogens with zero attached hydrogens (tertiary/aromatic N) is 1. The summed E-state index contributed by atoms with van der Waals surface area (Å²) in [6.45, 7) is 5.19. The molecule has 0 aliphatic carbocycles. The third-order valence-electron chi connectivity index (χ3n) is 2.30. The molecule has 0 saturated heterocycles. The molecule has 2 N–H and O–H groups in total. The first-order chi connectivity index (χ1) is 7.99. The van der Waals surface area contributed by atoms with Gasteiger partial charge in [-0.3, -0.25) is 4.79 Å². The van der Waals surface area contributed by atoms with Crippen LogP contribution in [-0.2, 0) is 11.3 Å². The molecule has 0 aromatic carbocycles. The zero-order valence-corrected chi connectivity index (χ0v) is 12.3. The van der Waals surface area contributed by atoms with Crippen molar-refractivity contribution < 1.29 is 9.90 Å². The van der Waals surface area contributed by atoms with E-state index < -0.39 is 5.97 Å². The van der Waals surface area contributed by atoms with Crippen molar-refractivity contribution in [1.82, 2.24) is 10.3 Å². The molecule has 0 fully saturated rings. The molecule has 1 atom stereocenters. The van der Waals surface area contributed by atoms with Crippen LogP contribution in [0.25, 0.3) is 0 Å². The van der Waals surface area contributed by atoms with Gasteiger partial charge in [0.2, 0.25) is 0 Å². The Kier molecular flexibility index (Phi) is 6.08. The lowest BCUT2D eigenvalue weighted by molar-refractivity contribution is -0.142. The van der Waals surface area contributed by atoms with Crippen molar-refractivity contribution in [2.45, 2.75) is 26.8 Å². The number of carboxylic acids is 1. The molecule has 4 nitrogen and oxygen atoms in total.